The summed E-state index contributed by atoms with van der Waals surface area (Å²) in [6.07, 6.45) is 9.43. The second kappa shape index (κ2) is 7.47. The number of aliphatic carboxylic acids is 1. The Balaban J connectivity index is 1.44. The van der Waals surface area contributed by atoms with Crippen molar-refractivity contribution in [3.05, 3.63) is 30.1 Å². The minimum atomic E-state index is -0.743. The van der Waals surface area contributed by atoms with Crippen LogP contribution in [0.1, 0.15) is 51.0 Å². The van der Waals surface area contributed by atoms with Crippen LogP contribution in [0.15, 0.2) is 24.5 Å². The third kappa shape index (κ3) is 3.54. The number of hydrogen-bond acceptors (Lipinski definition) is 4. The van der Waals surface area contributed by atoms with E-state index < -0.39 is 11.9 Å². The predicted molar refractivity (Wildman–Crippen MR) is 105 cm³/mol. The summed E-state index contributed by atoms with van der Waals surface area (Å²) in [5.41, 5.74) is 0.628. The molecule has 1 aromatic heterocycles. The molecule has 3 aliphatic rings. The third-order valence-corrected chi connectivity index (χ3v) is 7.44. The van der Waals surface area contributed by atoms with Gasteiger partial charge < -0.3 is 10.0 Å². The topological polar surface area (TPSA) is 73.7 Å². The van der Waals surface area contributed by atoms with Gasteiger partial charge in [0.15, 0.2) is 0 Å². The zero-order chi connectivity index (χ0) is 19.8. The first-order valence-corrected chi connectivity index (χ1v) is 10.6. The maximum absolute atomic E-state index is 13.2. The fourth-order valence-corrected chi connectivity index (χ4v) is 5.63. The van der Waals surface area contributed by atoms with Crippen LogP contribution in [0.25, 0.3) is 0 Å². The van der Waals surface area contributed by atoms with E-state index in [-0.39, 0.29) is 16.7 Å². The lowest BCUT2D eigenvalue weighted by Gasteiger charge is -2.41. The number of piperidine rings is 1. The Hall–Kier alpha value is -1.95. The van der Waals surface area contributed by atoms with Crippen molar-refractivity contribution in [2.45, 2.75) is 52.0 Å². The lowest BCUT2D eigenvalue weighted by atomic mass is 9.71. The van der Waals surface area contributed by atoms with Gasteiger partial charge in [0.2, 0.25) is 5.91 Å². The number of likely N-dealkylation sites (tertiary alicyclic amines) is 2. The van der Waals surface area contributed by atoms with Gasteiger partial charge in [-0.1, -0.05) is 25.8 Å². The third-order valence-electron chi connectivity index (χ3n) is 7.44. The summed E-state index contributed by atoms with van der Waals surface area (Å²) in [4.78, 5) is 33.7. The Labute approximate surface area is 166 Å². The van der Waals surface area contributed by atoms with Crippen LogP contribution in [0.5, 0.6) is 0 Å². The summed E-state index contributed by atoms with van der Waals surface area (Å²) >= 11 is 0. The molecule has 6 heteroatoms. The average molecular weight is 386 g/mol. The Morgan fingerprint density at radius 3 is 2.54 bits per heavy atom. The summed E-state index contributed by atoms with van der Waals surface area (Å²) in [7, 11) is 0. The van der Waals surface area contributed by atoms with Crippen LogP contribution < -0.4 is 0 Å². The SMILES string of the molecule is CC1(C(=O)N2CC(C(=O)O)C3(CCN(Cc4cccnc4)CC3)C2)CCCC1. The first-order valence-electron chi connectivity index (χ1n) is 10.6. The summed E-state index contributed by atoms with van der Waals surface area (Å²) in [5, 5.41) is 9.90. The van der Waals surface area contributed by atoms with Crippen LogP contribution in [0.3, 0.4) is 0 Å². The number of amides is 1. The van der Waals surface area contributed by atoms with Crippen LogP contribution in [-0.2, 0) is 16.1 Å². The van der Waals surface area contributed by atoms with Crippen LogP contribution in [0, 0.1) is 16.7 Å². The molecule has 1 unspecified atom stereocenters. The number of aromatic nitrogens is 1. The van der Waals surface area contributed by atoms with Crippen molar-refractivity contribution in [2.24, 2.45) is 16.7 Å². The minimum absolute atomic E-state index is 0.186. The highest BCUT2D eigenvalue weighted by Gasteiger charge is 2.54. The lowest BCUT2D eigenvalue weighted by molar-refractivity contribution is -0.146. The largest absolute Gasteiger partial charge is 0.481 e. The second-order valence-electron chi connectivity index (χ2n) is 9.34. The van der Waals surface area contributed by atoms with Crippen LogP contribution in [0.4, 0.5) is 0 Å². The number of carboxylic acids is 1. The van der Waals surface area contributed by atoms with E-state index in [0.717, 1.165) is 58.2 Å². The molecule has 152 valence electrons. The van der Waals surface area contributed by atoms with Gasteiger partial charge in [-0.2, -0.15) is 0 Å². The molecule has 1 spiro atoms. The van der Waals surface area contributed by atoms with E-state index in [2.05, 4.69) is 22.9 Å². The van der Waals surface area contributed by atoms with E-state index >= 15 is 0 Å². The molecular formula is C22H31N3O3. The molecule has 6 nitrogen and oxygen atoms in total. The van der Waals surface area contributed by atoms with Gasteiger partial charge in [0.05, 0.1) is 5.92 Å². The van der Waals surface area contributed by atoms with Crippen molar-refractivity contribution < 1.29 is 14.7 Å². The zero-order valence-electron chi connectivity index (χ0n) is 16.8. The predicted octanol–water partition coefficient (Wildman–Crippen LogP) is 2.79. The van der Waals surface area contributed by atoms with Gasteiger partial charge in [-0.3, -0.25) is 19.5 Å². The highest BCUT2D eigenvalue weighted by Crippen LogP contribution is 2.48. The first kappa shape index (κ1) is 19.4. The van der Waals surface area contributed by atoms with Crippen LogP contribution >= 0.6 is 0 Å². The number of carbonyl (C=O) groups excluding carboxylic acids is 1. The van der Waals surface area contributed by atoms with E-state index in [1.807, 2.05) is 17.2 Å². The average Bonchev–Trinajstić information content (AvgIpc) is 3.29. The maximum Gasteiger partial charge on any atom is 0.308 e. The Morgan fingerprint density at radius 1 is 1.21 bits per heavy atom. The Bertz CT molecular complexity index is 722. The number of nitrogens with zero attached hydrogens (tertiary/aromatic N) is 3. The Kier molecular flexibility index (Phi) is 5.17. The molecule has 1 N–H and O–H groups in total. The molecule has 1 atom stereocenters. The smallest absolute Gasteiger partial charge is 0.308 e. The van der Waals surface area contributed by atoms with E-state index in [9.17, 15) is 14.7 Å². The normalized spacial score (nSPS) is 26.6. The number of hydrogen-bond donors (Lipinski definition) is 1. The molecule has 1 aliphatic carbocycles. The monoisotopic (exact) mass is 385 g/mol. The summed E-state index contributed by atoms with van der Waals surface area (Å²) in [6, 6.07) is 4.03. The highest BCUT2D eigenvalue weighted by atomic mass is 16.4. The van der Waals surface area contributed by atoms with E-state index in [1.165, 1.54) is 5.56 Å². The molecule has 0 bridgehead atoms. The number of rotatable bonds is 4. The molecule has 28 heavy (non-hydrogen) atoms. The summed E-state index contributed by atoms with van der Waals surface area (Å²) in [5.74, 6) is -1.000. The molecule has 1 amide bonds. The number of pyridine rings is 1. The summed E-state index contributed by atoms with van der Waals surface area (Å²) in [6.45, 7) is 5.66. The fraction of sp³-hybridized carbons (Fsp3) is 0.682. The molecular weight excluding hydrogens is 354 g/mol. The minimum Gasteiger partial charge on any atom is -0.481 e. The molecule has 4 rings (SSSR count). The van der Waals surface area contributed by atoms with E-state index in [4.69, 9.17) is 0 Å². The van der Waals surface area contributed by atoms with Crippen molar-refractivity contribution in [1.29, 1.82) is 0 Å². The van der Waals surface area contributed by atoms with Crippen LogP contribution in [-0.4, -0.2) is 57.9 Å². The van der Waals surface area contributed by atoms with Crippen LogP contribution in [0.2, 0.25) is 0 Å². The van der Waals surface area contributed by atoms with Gasteiger partial charge in [0.1, 0.15) is 0 Å². The standard InChI is InChI=1S/C22H31N3O3/c1-21(6-2-3-7-21)20(28)25-15-18(19(26)27)22(16-25)8-11-24(12-9-22)14-17-5-4-10-23-13-17/h4-5,10,13,18H,2-3,6-9,11-12,14-16H2,1H3,(H,26,27). The molecule has 2 aliphatic heterocycles. The number of carboxylic acid groups (broad SMARTS) is 1. The molecule has 1 saturated carbocycles. The molecule has 3 fully saturated rings. The first-order chi connectivity index (χ1) is 13.4. The van der Waals surface area contributed by atoms with Gasteiger partial charge in [0.25, 0.3) is 0 Å². The quantitative estimate of drug-likeness (QED) is 0.863. The van der Waals surface area contributed by atoms with Crippen molar-refractivity contribution in [3.63, 3.8) is 0 Å². The highest BCUT2D eigenvalue weighted by molar-refractivity contribution is 5.84. The van der Waals surface area contributed by atoms with Gasteiger partial charge in [0, 0.05) is 42.9 Å². The summed E-state index contributed by atoms with van der Waals surface area (Å²) < 4.78 is 0. The van der Waals surface area contributed by atoms with E-state index in [1.54, 1.807) is 6.20 Å². The van der Waals surface area contributed by atoms with Crippen molar-refractivity contribution >= 4 is 11.9 Å². The van der Waals surface area contributed by atoms with Gasteiger partial charge >= 0.3 is 5.97 Å². The molecule has 2 saturated heterocycles. The molecule has 3 heterocycles. The van der Waals surface area contributed by atoms with Crippen molar-refractivity contribution in [2.75, 3.05) is 26.2 Å². The lowest BCUT2D eigenvalue weighted by Crippen LogP contribution is -2.46. The Morgan fingerprint density at radius 2 is 1.93 bits per heavy atom. The van der Waals surface area contributed by atoms with Gasteiger partial charge in [-0.25, -0.2) is 0 Å². The van der Waals surface area contributed by atoms with Gasteiger partial charge in [-0.15, -0.1) is 0 Å². The molecule has 1 aromatic rings. The van der Waals surface area contributed by atoms with Crippen molar-refractivity contribution in [3.8, 4) is 0 Å². The second-order valence-corrected chi connectivity index (χ2v) is 9.34. The zero-order valence-corrected chi connectivity index (χ0v) is 16.8. The van der Waals surface area contributed by atoms with E-state index in [0.29, 0.717) is 13.1 Å². The molecule has 0 aromatic carbocycles. The number of carbonyl (C=O) groups is 2. The maximum atomic E-state index is 13.2. The van der Waals surface area contributed by atoms with Crippen molar-refractivity contribution in [1.82, 2.24) is 14.8 Å². The fourth-order valence-electron chi connectivity index (χ4n) is 5.63. The van der Waals surface area contributed by atoms with Gasteiger partial charge in [-0.05, 0) is 50.4 Å². The molecule has 0 radical (unpaired) electrons.